The molecule has 0 fully saturated rings. The number of halogens is 5. The van der Waals surface area contributed by atoms with Gasteiger partial charge in [-0.1, -0.05) is 67.2 Å². The summed E-state index contributed by atoms with van der Waals surface area (Å²) in [5, 5.41) is -0.456. The Morgan fingerprint density at radius 2 is 1.55 bits per heavy atom. The summed E-state index contributed by atoms with van der Waals surface area (Å²) < 4.78 is 14.0. The number of benzene rings is 1. The first-order valence-electron chi connectivity index (χ1n) is 5.54. The maximum atomic E-state index is 14.0. The Hall–Kier alpha value is -0.350. The van der Waals surface area contributed by atoms with Crippen LogP contribution in [0.5, 0.6) is 0 Å². The van der Waals surface area contributed by atoms with E-state index in [1.807, 2.05) is 0 Å². The number of hydrogen-bond acceptors (Lipinski definition) is 2. The van der Waals surface area contributed by atoms with Gasteiger partial charge < -0.3 is 0 Å². The molecule has 0 N–H and O–H groups in total. The van der Waals surface area contributed by atoms with E-state index in [1.165, 1.54) is 20.8 Å². The first-order valence-corrected chi connectivity index (χ1v) is 7.05. The average Bonchev–Trinajstić information content (AvgIpc) is 2.36. The van der Waals surface area contributed by atoms with E-state index >= 15 is 0 Å². The van der Waals surface area contributed by atoms with Gasteiger partial charge in [-0.15, -0.1) is 0 Å². The number of Topliss-reactive ketones (excluding diaryl/α,β-unsaturated/α-hetero) is 2. The summed E-state index contributed by atoms with van der Waals surface area (Å²) >= 11 is 23.2. The summed E-state index contributed by atoms with van der Waals surface area (Å²) in [6, 6.07) is 1.10. The maximum Gasteiger partial charge on any atom is 0.221 e. The lowest BCUT2D eigenvalue weighted by Gasteiger charge is -2.19. The Morgan fingerprint density at radius 1 is 1.05 bits per heavy atom. The minimum Gasteiger partial charge on any atom is -0.295 e. The van der Waals surface area contributed by atoms with Crippen LogP contribution in [0, 0.1) is 5.41 Å². The van der Waals surface area contributed by atoms with Gasteiger partial charge in [0.05, 0.1) is 20.1 Å². The molecule has 1 atom stereocenters. The fourth-order valence-corrected chi connectivity index (χ4v) is 2.28. The molecule has 0 aliphatic carbocycles. The van der Waals surface area contributed by atoms with Gasteiger partial charge in [0.1, 0.15) is 0 Å². The van der Waals surface area contributed by atoms with Crippen LogP contribution in [0.15, 0.2) is 6.07 Å². The molecule has 0 aromatic heterocycles. The van der Waals surface area contributed by atoms with Gasteiger partial charge in [-0.05, 0) is 6.07 Å². The van der Waals surface area contributed by atoms with E-state index in [1.54, 1.807) is 0 Å². The highest BCUT2D eigenvalue weighted by Crippen LogP contribution is 2.39. The zero-order chi connectivity index (χ0) is 15.8. The highest BCUT2D eigenvalue weighted by molar-refractivity contribution is 6.53. The smallest absolute Gasteiger partial charge is 0.221 e. The number of carbonyl (C=O) groups excluding carboxylic acids is 2. The first kappa shape index (κ1) is 17.7. The van der Waals surface area contributed by atoms with Crippen molar-refractivity contribution in [2.24, 2.45) is 5.41 Å². The topological polar surface area (TPSA) is 34.1 Å². The molecule has 1 unspecified atom stereocenters. The molecule has 0 saturated carbocycles. The van der Waals surface area contributed by atoms with Crippen LogP contribution in [-0.4, -0.2) is 17.7 Å². The minimum absolute atomic E-state index is 0.0348. The van der Waals surface area contributed by atoms with Crippen molar-refractivity contribution in [1.29, 1.82) is 0 Å². The van der Waals surface area contributed by atoms with E-state index in [4.69, 9.17) is 46.4 Å². The summed E-state index contributed by atoms with van der Waals surface area (Å²) in [6.45, 7) is 4.54. The lowest BCUT2D eigenvalue weighted by Crippen LogP contribution is -2.35. The molecule has 110 valence electrons. The van der Waals surface area contributed by atoms with Crippen LogP contribution in [0.3, 0.4) is 0 Å². The van der Waals surface area contributed by atoms with Gasteiger partial charge in [0.15, 0.2) is 5.78 Å². The molecular formula is C13H11Cl4FO2. The Bertz CT molecular complexity index is 579. The average molecular weight is 360 g/mol. The monoisotopic (exact) mass is 358 g/mol. The van der Waals surface area contributed by atoms with Crippen molar-refractivity contribution in [1.82, 2.24) is 0 Å². The third-order valence-electron chi connectivity index (χ3n) is 2.57. The van der Waals surface area contributed by atoms with E-state index in [2.05, 4.69) is 0 Å². The van der Waals surface area contributed by atoms with Gasteiger partial charge in [-0.25, -0.2) is 4.39 Å². The first-order chi connectivity index (χ1) is 8.98. The lowest BCUT2D eigenvalue weighted by molar-refractivity contribution is -0.129. The Labute approximate surface area is 136 Å². The van der Waals surface area contributed by atoms with E-state index in [9.17, 15) is 14.0 Å². The highest BCUT2D eigenvalue weighted by atomic mass is 35.5. The van der Waals surface area contributed by atoms with Crippen molar-refractivity contribution < 1.29 is 14.0 Å². The van der Waals surface area contributed by atoms with Crippen molar-refractivity contribution in [3.63, 3.8) is 0 Å². The van der Waals surface area contributed by atoms with Crippen molar-refractivity contribution in [2.75, 3.05) is 0 Å². The summed E-state index contributed by atoms with van der Waals surface area (Å²) in [4.78, 5) is 23.8. The summed E-state index contributed by atoms with van der Waals surface area (Å²) in [5.74, 6) is -1.93. The van der Waals surface area contributed by atoms with Gasteiger partial charge in [0, 0.05) is 11.0 Å². The van der Waals surface area contributed by atoms with Gasteiger partial charge in [0.2, 0.25) is 12.0 Å². The molecule has 0 spiro atoms. The normalized spacial score (nSPS) is 13.2. The van der Waals surface area contributed by atoms with Crippen LogP contribution in [0.1, 0.15) is 31.1 Å². The molecule has 0 bridgehead atoms. The molecule has 1 aromatic carbocycles. The molecule has 7 heteroatoms. The zero-order valence-electron chi connectivity index (χ0n) is 10.9. The van der Waals surface area contributed by atoms with Crippen LogP contribution in [0.25, 0.3) is 0 Å². The molecule has 0 heterocycles. The third kappa shape index (κ3) is 3.45. The molecule has 0 amide bonds. The Morgan fingerprint density at radius 3 is 2.00 bits per heavy atom. The van der Waals surface area contributed by atoms with E-state index in [0.29, 0.717) is 0 Å². The molecule has 0 radical (unpaired) electrons. The number of rotatable bonds is 3. The summed E-state index contributed by atoms with van der Waals surface area (Å²) in [7, 11) is 0. The standard InChI is InChI=1S/C13H11Cl4FO2/c1-13(2,3)12(20)10(18)11(19)5-4-6(14)8(16)9(17)7(5)15/h4,10H,1-3H3. The van der Waals surface area contributed by atoms with Crippen molar-refractivity contribution in [3.8, 4) is 0 Å². The van der Waals surface area contributed by atoms with E-state index in [-0.39, 0.29) is 25.7 Å². The van der Waals surface area contributed by atoms with Crippen LogP contribution < -0.4 is 0 Å². The molecule has 1 rings (SSSR count). The van der Waals surface area contributed by atoms with Crippen LogP contribution in [0.4, 0.5) is 4.39 Å². The fraction of sp³-hybridized carbons (Fsp3) is 0.385. The van der Waals surface area contributed by atoms with Crippen LogP contribution in [0.2, 0.25) is 20.1 Å². The lowest BCUT2D eigenvalue weighted by atomic mass is 9.86. The van der Waals surface area contributed by atoms with E-state index < -0.39 is 23.2 Å². The van der Waals surface area contributed by atoms with Gasteiger partial charge in [-0.2, -0.15) is 0 Å². The molecular weight excluding hydrogens is 349 g/mol. The predicted octanol–water partition coefficient (Wildman–Crippen LogP) is 5.44. The Kier molecular flexibility index (Phi) is 5.47. The second kappa shape index (κ2) is 6.18. The molecule has 0 aliphatic heterocycles. The number of alkyl halides is 1. The van der Waals surface area contributed by atoms with Crippen molar-refractivity contribution >= 4 is 58.0 Å². The summed E-state index contributed by atoms with van der Waals surface area (Å²) in [6.07, 6.45) is -2.33. The van der Waals surface area contributed by atoms with Crippen molar-refractivity contribution in [3.05, 3.63) is 31.7 Å². The highest BCUT2D eigenvalue weighted by Gasteiger charge is 2.36. The minimum atomic E-state index is -2.33. The largest absolute Gasteiger partial charge is 0.295 e. The number of carbonyl (C=O) groups is 2. The number of hydrogen-bond donors (Lipinski definition) is 0. The maximum absolute atomic E-state index is 14.0. The van der Waals surface area contributed by atoms with Gasteiger partial charge >= 0.3 is 0 Å². The predicted molar refractivity (Wildman–Crippen MR) is 80.2 cm³/mol. The van der Waals surface area contributed by atoms with E-state index in [0.717, 1.165) is 6.07 Å². The zero-order valence-corrected chi connectivity index (χ0v) is 13.9. The third-order valence-corrected chi connectivity index (χ3v) is 4.32. The fourth-order valence-electron chi connectivity index (χ4n) is 1.39. The SMILES string of the molecule is CC(C)(C)C(=O)C(F)C(=O)c1cc(Cl)c(Cl)c(Cl)c1Cl. The molecule has 1 aromatic rings. The second-order valence-electron chi connectivity index (χ2n) is 5.19. The van der Waals surface area contributed by atoms with Gasteiger partial charge in [-0.3, -0.25) is 9.59 Å². The molecule has 2 nitrogen and oxygen atoms in total. The second-order valence-corrected chi connectivity index (χ2v) is 6.73. The number of ketones is 2. The van der Waals surface area contributed by atoms with Crippen LogP contribution in [-0.2, 0) is 4.79 Å². The van der Waals surface area contributed by atoms with Crippen LogP contribution >= 0.6 is 46.4 Å². The molecule has 20 heavy (non-hydrogen) atoms. The van der Waals surface area contributed by atoms with Crippen molar-refractivity contribution in [2.45, 2.75) is 26.9 Å². The summed E-state index contributed by atoms with van der Waals surface area (Å²) in [5.41, 5.74) is -1.27. The Balaban J connectivity index is 3.27. The van der Waals surface area contributed by atoms with Gasteiger partial charge in [0.25, 0.3) is 0 Å². The quantitative estimate of drug-likeness (QED) is 0.312. The molecule has 0 aliphatic rings. The molecule has 0 saturated heterocycles.